The first kappa shape index (κ1) is 21.0. The molecule has 1 fully saturated rings. The van der Waals surface area contributed by atoms with Crippen LogP contribution in [0.2, 0.25) is 0 Å². The first-order valence-corrected chi connectivity index (χ1v) is 8.34. The van der Waals surface area contributed by atoms with Crippen molar-refractivity contribution in [3.8, 4) is 5.75 Å². The van der Waals surface area contributed by atoms with E-state index in [4.69, 9.17) is 9.15 Å². The Bertz CT molecular complexity index is 840. The maximum absolute atomic E-state index is 12.9. The van der Waals surface area contributed by atoms with Gasteiger partial charge in [-0.2, -0.15) is 0 Å². The average molecular weight is 410 g/mol. The van der Waals surface area contributed by atoms with Crippen molar-refractivity contribution >= 4 is 41.7 Å². The lowest BCUT2D eigenvalue weighted by molar-refractivity contribution is 0.0530. The number of nitrogens with zero attached hydrogens (tertiary/aromatic N) is 2. The second kappa shape index (κ2) is 9.60. The number of pyridine rings is 1. The van der Waals surface area contributed by atoms with E-state index in [-0.39, 0.29) is 36.8 Å². The molecule has 1 aromatic carbocycles. The SMILES string of the molecule is Cl.Cl.O=C(c1cc2ccccc2o1)N1CCNCC1COc1cccnc1. The third-order valence-corrected chi connectivity index (χ3v) is 4.32. The quantitative estimate of drug-likeness (QED) is 0.716. The van der Waals surface area contributed by atoms with Gasteiger partial charge in [0.2, 0.25) is 0 Å². The van der Waals surface area contributed by atoms with Gasteiger partial charge in [0.15, 0.2) is 5.76 Å². The Morgan fingerprint density at radius 3 is 2.89 bits per heavy atom. The lowest BCUT2D eigenvalue weighted by atomic mass is 10.2. The number of halogens is 2. The van der Waals surface area contributed by atoms with Crippen molar-refractivity contribution in [2.45, 2.75) is 6.04 Å². The summed E-state index contributed by atoms with van der Waals surface area (Å²) in [5, 5.41) is 4.25. The zero-order valence-corrected chi connectivity index (χ0v) is 16.2. The highest BCUT2D eigenvalue weighted by Crippen LogP contribution is 2.21. The van der Waals surface area contributed by atoms with Gasteiger partial charge in [0.25, 0.3) is 5.91 Å². The van der Waals surface area contributed by atoms with Gasteiger partial charge in [-0.3, -0.25) is 9.78 Å². The number of hydrogen-bond donors (Lipinski definition) is 1. The number of rotatable bonds is 4. The maximum Gasteiger partial charge on any atom is 0.290 e. The topological polar surface area (TPSA) is 67.6 Å². The van der Waals surface area contributed by atoms with E-state index < -0.39 is 0 Å². The Hall–Kier alpha value is -2.28. The molecule has 1 saturated heterocycles. The zero-order valence-electron chi connectivity index (χ0n) is 14.5. The number of aromatic nitrogens is 1. The largest absolute Gasteiger partial charge is 0.490 e. The molecule has 4 rings (SSSR count). The van der Waals surface area contributed by atoms with Crippen LogP contribution in [0.25, 0.3) is 11.0 Å². The normalized spacial score (nSPS) is 16.3. The predicted octanol–water partition coefficient (Wildman–Crippen LogP) is 3.16. The van der Waals surface area contributed by atoms with E-state index in [1.165, 1.54) is 0 Å². The maximum atomic E-state index is 12.9. The smallest absolute Gasteiger partial charge is 0.290 e. The summed E-state index contributed by atoms with van der Waals surface area (Å²) < 4.78 is 11.5. The number of carbonyl (C=O) groups is 1. The van der Waals surface area contributed by atoms with Crippen molar-refractivity contribution in [1.29, 1.82) is 0 Å². The molecule has 1 N–H and O–H groups in total. The van der Waals surface area contributed by atoms with Crippen molar-refractivity contribution in [3.05, 3.63) is 60.6 Å². The summed E-state index contributed by atoms with van der Waals surface area (Å²) in [5.74, 6) is 0.969. The summed E-state index contributed by atoms with van der Waals surface area (Å²) in [6, 6.07) is 13.1. The van der Waals surface area contributed by atoms with E-state index in [0.717, 1.165) is 17.5 Å². The molecule has 0 spiro atoms. The minimum atomic E-state index is -0.0995. The van der Waals surface area contributed by atoms with Crippen LogP contribution < -0.4 is 10.1 Å². The number of carbonyl (C=O) groups excluding carboxylic acids is 1. The molecule has 0 radical (unpaired) electrons. The number of piperazine rings is 1. The van der Waals surface area contributed by atoms with E-state index in [2.05, 4.69) is 10.3 Å². The number of ether oxygens (including phenoxy) is 1. The lowest BCUT2D eigenvalue weighted by Crippen LogP contribution is -2.55. The molecule has 1 atom stereocenters. The number of nitrogens with one attached hydrogen (secondary N) is 1. The minimum Gasteiger partial charge on any atom is -0.490 e. The molecular weight excluding hydrogens is 389 g/mol. The monoisotopic (exact) mass is 409 g/mol. The molecule has 2 aromatic heterocycles. The summed E-state index contributed by atoms with van der Waals surface area (Å²) in [6.45, 7) is 2.48. The number of fused-ring (bicyclic) bond motifs is 1. The number of furan rings is 1. The van der Waals surface area contributed by atoms with E-state index in [1.807, 2.05) is 41.3 Å². The highest BCUT2D eigenvalue weighted by atomic mass is 35.5. The summed E-state index contributed by atoms with van der Waals surface area (Å²) >= 11 is 0. The van der Waals surface area contributed by atoms with E-state index in [9.17, 15) is 4.79 Å². The summed E-state index contributed by atoms with van der Waals surface area (Å²) in [4.78, 5) is 18.8. The average Bonchev–Trinajstić information content (AvgIpc) is 3.11. The van der Waals surface area contributed by atoms with Gasteiger partial charge in [-0.1, -0.05) is 18.2 Å². The summed E-state index contributed by atoms with van der Waals surface area (Å²) in [7, 11) is 0. The number of amides is 1. The summed E-state index contributed by atoms with van der Waals surface area (Å²) in [5.41, 5.74) is 0.726. The third-order valence-electron chi connectivity index (χ3n) is 4.32. The molecule has 6 nitrogen and oxygen atoms in total. The van der Waals surface area contributed by atoms with Gasteiger partial charge in [0.1, 0.15) is 17.9 Å². The molecule has 1 aliphatic rings. The highest BCUT2D eigenvalue weighted by molar-refractivity contribution is 5.96. The Labute approximate surface area is 169 Å². The molecular formula is C19H21Cl2N3O3. The van der Waals surface area contributed by atoms with Crippen molar-refractivity contribution in [3.63, 3.8) is 0 Å². The molecule has 27 heavy (non-hydrogen) atoms. The first-order chi connectivity index (χ1) is 12.3. The molecule has 144 valence electrons. The third kappa shape index (κ3) is 4.71. The highest BCUT2D eigenvalue weighted by Gasteiger charge is 2.29. The Kier molecular flexibility index (Phi) is 7.47. The zero-order chi connectivity index (χ0) is 17.1. The van der Waals surface area contributed by atoms with Gasteiger partial charge in [-0.25, -0.2) is 0 Å². The number of benzene rings is 1. The molecule has 3 aromatic rings. The number of hydrogen-bond acceptors (Lipinski definition) is 5. The molecule has 1 unspecified atom stereocenters. The van der Waals surface area contributed by atoms with Crippen LogP contribution in [0.5, 0.6) is 5.75 Å². The van der Waals surface area contributed by atoms with Gasteiger partial charge in [-0.05, 0) is 24.3 Å². The molecule has 0 saturated carbocycles. The van der Waals surface area contributed by atoms with Crippen LogP contribution in [0, 0.1) is 0 Å². The molecule has 3 heterocycles. The van der Waals surface area contributed by atoms with Crippen molar-refractivity contribution < 1.29 is 13.9 Å². The fourth-order valence-electron chi connectivity index (χ4n) is 3.03. The Morgan fingerprint density at radius 1 is 1.26 bits per heavy atom. The van der Waals surface area contributed by atoms with Crippen LogP contribution in [0.1, 0.15) is 10.6 Å². The van der Waals surface area contributed by atoms with Gasteiger partial charge < -0.3 is 19.4 Å². The minimum absolute atomic E-state index is 0. The van der Waals surface area contributed by atoms with Crippen LogP contribution >= 0.6 is 24.8 Å². The first-order valence-electron chi connectivity index (χ1n) is 8.34. The standard InChI is InChI=1S/C19H19N3O3.2ClH/c23-19(18-10-14-4-1-2-6-17(14)25-18)22-9-8-21-11-15(22)13-24-16-5-3-7-20-12-16;;/h1-7,10,12,15,21H,8-9,11,13H2;2*1H. The molecule has 1 amide bonds. The van der Waals surface area contributed by atoms with Crippen LogP contribution in [0.3, 0.4) is 0 Å². The van der Waals surface area contributed by atoms with Crippen LogP contribution in [-0.4, -0.2) is 48.1 Å². The van der Waals surface area contributed by atoms with E-state index in [1.54, 1.807) is 18.5 Å². The number of para-hydroxylation sites is 1. The fraction of sp³-hybridized carbons (Fsp3) is 0.263. The van der Waals surface area contributed by atoms with Crippen LogP contribution in [0.15, 0.2) is 59.3 Å². The van der Waals surface area contributed by atoms with Crippen molar-refractivity contribution in [2.24, 2.45) is 0 Å². The van der Waals surface area contributed by atoms with Crippen molar-refractivity contribution in [1.82, 2.24) is 15.2 Å². The Balaban J connectivity index is 0.00000131. The van der Waals surface area contributed by atoms with Crippen LogP contribution in [0.4, 0.5) is 0 Å². The van der Waals surface area contributed by atoms with Crippen LogP contribution in [-0.2, 0) is 0 Å². The van der Waals surface area contributed by atoms with E-state index in [0.29, 0.717) is 31.2 Å². The predicted molar refractivity (Wildman–Crippen MR) is 108 cm³/mol. The van der Waals surface area contributed by atoms with E-state index >= 15 is 0 Å². The lowest BCUT2D eigenvalue weighted by Gasteiger charge is -2.35. The van der Waals surface area contributed by atoms with Gasteiger partial charge in [-0.15, -0.1) is 24.8 Å². The second-order valence-electron chi connectivity index (χ2n) is 6.00. The van der Waals surface area contributed by atoms with Crippen molar-refractivity contribution in [2.75, 3.05) is 26.2 Å². The fourth-order valence-corrected chi connectivity index (χ4v) is 3.03. The Morgan fingerprint density at radius 2 is 2.11 bits per heavy atom. The second-order valence-corrected chi connectivity index (χ2v) is 6.00. The molecule has 8 heteroatoms. The van der Waals surface area contributed by atoms with Gasteiger partial charge >= 0.3 is 0 Å². The summed E-state index contributed by atoms with van der Waals surface area (Å²) in [6.07, 6.45) is 3.37. The van der Waals surface area contributed by atoms with Gasteiger partial charge in [0.05, 0.1) is 12.2 Å². The molecule has 0 bridgehead atoms. The van der Waals surface area contributed by atoms with Gasteiger partial charge in [0, 0.05) is 31.2 Å². The molecule has 1 aliphatic heterocycles. The molecule has 0 aliphatic carbocycles.